The third kappa shape index (κ3) is 3.74. The van der Waals surface area contributed by atoms with Gasteiger partial charge in [-0.25, -0.2) is 9.18 Å². The molecule has 2 aromatic carbocycles. The molecule has 0 radical (unpaired) electrons. The number of ether oxygens (including phenoxy) is 3. The van der Waals surface area contributed by atoms with E-state index in [2.05, 4.69) is 0 Å². The number of hydrogen-bond acceptors (Lipinski definition) is 5. The van der Waals surface area contributed by atoms with Crippen molar-refractivity contribution >= 4 is 23.4 Å². The van der Waals surface area contributed by atoms with Crippen LogP contribution in [-0.2, 0) is 4.74 Å². The number of hydrogen-bond donors (Lipinski definition) is 0. The Kier molecular flexibility index (Phi) is 4.90. The van der Waals surface area contributed by atoms with Gasteiger partial charge < -0.3 is 14.2 Å². The zero-order valence-corrected chi connectivity index (χ0v) is 14.0. The van der Waals surface area contributed by atoms with Crippen molar-refractivity contribution in [3.63, 3.8) is 0 Å². The van der Waals surface area contributed by atoms with Crippen LogP contribution in [0.2, 0.25) is 5.02 Å². The van der Waals surface area contributed by atoms with Crippen LogP contribution in [0.5, 0.6) is 11.5 Å². The molecule has 2 aromatic rings. The Bertz CT molecular complexity index is 819. The molecule has 1 unspecified atom stereocenters. The third-order valence-corrected chi connectivity index (χ3v) is 3.90. The van der Waals surface area contributed by atoms with Crippen LogP contribution in [0, 0.1) is 5.82 Å². The molecule has 25 heavy (non-hydrogen) atoms. The quantitative estimate of drug-likeness (QED) is 0.611. The lowest BCUT2D eigenvalue weighted by atomic mass is 10.1. The second-order valence-corrected chi connectivity index (χ2v) is 5.81. The molecule has 0 saturated heterocycles. The lowest BCUT2D eigenvalue weighted by molar-refractivity contribution is 0.0318. The number of rotatable bonds is 4. The first kappa shape index (κ1) is 17.2. The molecule has 0 aromatic heterocycles. The zero-order valence-electron chi connectivity index (χ0n) is 13.3. The minimum atomic E-state index is -1.04. The number of esters is 1. The first-order chi connectivity index (χ1) is 12.0. The fourth-order valence-corrected chi connectivity index (χ4v) is 2.62. The Morgan fingerprint density at radius 3 is 2.52 bits per heavy atom. The highest BCUT2D eigenvalue weighted by Crippen LogP contribution is 2.38. The van der Waals surface area contributed by atoms with Crippen LogP contribution in [0.4, 0.5) is 4.39 Å². The summed E-state index contributed by atoms with van der Waals surface area (Å²) in [6.45, 7) is 2.17. The molecule has 0 bridgehead atoms. The smallest absolute Gasteiger partial charge is 0.339 e. The predicted molar refractivity (Wildman–Crippen MR) is 88.1 cm³/mol. The van der Waals surface area contributed by atoms with E-state index in [4.69, 9.17) is 25.8 Å². The summed E-state index contributed by atoms with van der Waals surface area (Å²) in [7, 11) is 0. The maximum absolute atomic E-state index is 12.9. The summed E-state index contributed by atoms with van der Waals surface area (Å²) < 4.78 is 28.9. The molecule has 7 heteroatoms. The van der Waals surface area contributed by atoms with Gasteiger partial charge in [-0.05, 0) is 43.3 Å². The van der Waals surface area contributed by atoms with Crippen molar-refractivity contribution in [1.82, 2.24) is 0 Å². The van der Waals surface area contributed by atoms with E-state index in [1.165, 1.54) is 43.3 Å². The third-order valence-electron chi connectivity index (χ3n) is 3.61. The van der Waals surface area contributed by atoms with Gasteiger partial charge in [0.25, 0.3) is 0 Å². The van der Waals surface area contributed by atoms with Crippen LogP contribution in [0.1, 0.15) is 27.6 Å². The molecule has 3 rings (SSSR count). The van der Waals surface area contributed by atoms with Gasteiger partial charge in [0.1, 0.15) is 19.0 Å². The molecular formula is C18H14ClFO5. The Hall–Kier alpha value is -2.60. The Morgan fingerprint density at radius 1 is 1.12 bits per heavy atom. The van der Waals surface area contributed by atoms with Crippen LogP contribution in [0.25, 0.3) is 0 Å². The molecule has 1 heterocycles. The zero-order chi connectivity index (χ0) is 18.0. The van der Waals surface area contributed by atoms with Crippen molar-refractivity contribution in [3.8, 4) is 11.5 Å². The number of carbonyl (C=O) groups is 2. The lowest BCUT2D eigenvalue weighted by Crippen LogP contribution is -2.24. The SMILES string of the molecule is CC(OC(=O)c1cc(Cl)c2c(c1)OCCO2)C(=O)c1ccc(F)cc1. The molecule has 0 spiro atoms. The van der Waals surface area contributed by atoms with E-state index in [1.54, 1.807) is 0 Å². The first-order valence-electron chi connectivity index (χ1n) is 7.55. The molecule has 1 aliphatic heterocycles. The van der Waals surface area contributed by atoms with E-state index in [1.807, 2.05) is 0 Å². The normalized spacial score (nSPS) is 13.9. The van der Waals surface area contributed by atoms with E-state index in [0.29, 0.717) is 24.7 Å². The van der Waals surface area contributed by atoms with Gasteiger partial charge in [-0.1, -0.05) is 11.6 Å². The van der Waals surface area contributed by atoms with Crippen LogP contribution in [0.3, 0.4) is 0 Å². The molecule has 1 atom stereocenters. The number of fused-ring (bicyclic) bond motifs is 1. The summed E-state index contributed by atoms with van der Waals surface area (Å²) in [6.07, 6.45) is -1.04. The van der Waals surface area contributed by atoms with E-state index in [9.17, 15) is 14.0 Å². The van der Waals surface area contributed by atoms with E-state index in [-0.39, 0.29) is 16.1 Å². The van der Waals surface area contributed by atoms with E-state index >= 15 is 0 Å². The fourth-order valence-electron chi connectivity index (χ4n) is 2.36. The molecule has 0 N–H and O–H groups in total. The maximum atomic E-state index is 12.9. The van der Waals surface area contributed by atoms with Crippen molar-refractivity contribution in [2.45, 2.75) is 13.0 Å². The summed E-state index contributed by atoms with van der Waals surface area (Å²) in [6, 6.07) is 7.86. The van der Waals surface area contributed by atoms with Crippen LogP contribution >= 0.6 is 11.6 Å². The van der Waals surface area contributed by atoms with Gasteiger partial charge in [0, 0.05) is 5.56 Å². The number of Topliss-reactive ketones (excluding diaryl/α,β-unsaturated/α-hetero) is 1. The highest BCUT2D eigenvalue weighted by atomic mass is 35.5. The Labute approximate surface area is 148 Å². The second-order valence-electron chi connectivity index (χ2n) is 5.40. The predicted octanol–water partition coefficient (Wildman–Crippen LogP) is 3.68. The molecular weight excluding hydrogens is 351 g/mol. The van der Waals surface area contributed by atoms with Gasteiger partial charge in [-0.2, -0.15) is 0 Å². The van der Waals surface area contributed by atoms with Crippen molar-refractivity contribution < 1.29 is 28.2 Å². The second kappa shape index (κ2) is 7.11. The minimum Gasteiger partial charge on any atom is -0.486 e. The highest BCUT2D eigenvalue weighted by Gasteiger charge is 2.24. The molecule has 0 amide bonds. The summed E-state index contributed by atoms with van der Waals surface area (Å²) in [4.78, 5) is 24.5. The summed E-state index contributed by atoms with van der Waals surface area (Å²) >= 11 is 6.09. The van der Waals surface area contributed by atoms with Crippen molar-refractivity contribution in [1.29, 1.82) is 0 Å². The van der Waals surface area contributed by atoms with Crippen molar-refractivity contribution in [3.05, 3.63) is 58.4 Å². The lowest BCUT2D eigenvalue weighted by Gasteiger charge is -2.20. The average Bonchev–Trinajstić information content (AvgIpc) is 2.61. The van der Waals surface area contributed by atoms with Gasteiger partial charge in [-0.3, -0.25) is 4.79 Å². The highest BCUT2D eigenvalue weighted by molar-refractivity contribution is 6.32. The van der Waals surface area contributed by atoms with Gasteiger partial charge in [0.2, 0.25) is 5.78 Å². The van der Waals surface area contributed by atoms with Gasteiger partial charge in [0.15, 0.2) is 17.6 Å². The van der Waals surface area contributed by atoms with Crippen molar-refractivity contribution in [2.75, 3.05) is 13.2 Å². The largest absolute Gasteiger partial charge is 0.486 e. The number of carbonyl (C=O) groups excluding carboxylic acids is 2. The van der Waals surface area contributed by atoms with Crippen LogP contribution in [-0.4, -0.2) is 31.1 Å². The summed E-state index contributed by atoms with van der Waals surface area (Å²) in [5, 5.41) is 0.224. The van der Waals surface area contributed by atoms with E-state index < -0.39 is 23.7 Å². The minimum absolute atomic E-state index is 0.146. The Morgan fingerprint density at radius 2 is 1.80 bits per heavy atom. The summed E-state index contributed by atoms with van der Waals surface area (Å²) in [5.41, 5.74) is 0.398. The standard InChI is InChI=1S/C18H14ClFO5/c1-10(16(21)11-2-4-13(20)5-3-11)25-18(22)12-8-14(19)17-15(9-12)23-6-7-24-17/h2-5,8-10H,6-7H2,1H3. The van der Waals surface area contributed by atoms with E-state index in [0.717, 1.165) is 0 Å². The Balaban J connectivity index is 1.74. The fraction of sp³-hybridized carbons (Fsp3) is 0.222. The molecule has 0 aliphatic carbocycles. The molecule has 5 nitrogen and oxygen atoms in total. The van der Waals surface area contributed by atoms with Crippen LogP contribution < -0.4 is 9.47 Å². The van der Waals surface area contributed by atoms with Gasteiger partial charge in [0.05, 0.1) is 10.6 Å². The molecule has 1 aliphatic rings. The molecule has 130 valence electrons. The maximum Gasteiger partial charge on any atom is 0.339 e. The molecule has 0 fully saturated rings. The van der Waals surface area contributed by atoms with Crippen molar-refractivity contribution in [2.24, 2.45) is 0 Å². The average molecular weight is 365 g/mol. The monoisotopic (exact) mass is 364 g/mol. The van der Waals surface area contributed by atoms with Crippen LogP contribution in [0.15, 0.2) is 36.4 Å². The number of ketones is 1. The van der Waals surface area contributed by atoms with Gasteiger partial charge >= 0.3 is 5.97 Å². The topological polar surface area (TPSA) is 61.8 Å². The number of halogens is 2. The van der Waals surface area contributed by atoms with Gasteiger partial charge in [-0.15, -0.1) is 0 Å². The first-order valence-corrected chi connectivity index (χ1v) is 7.93. The summed E-state index contributed by atoms with van der Waals surface area (Å²) in [5.74, 6) is -0.880. The molecule has 0 saturated carbocycles. The number of benzene rings is 2.